The number of nitrogens with one attached hydrogen (secondary N) is 1. The average Bonchev–Trinajstić information content (AvgIpc) is 2.46. The Labute approximate surface area is 137 Å². The van der Waals surface area contributed by atoms with Crippen LogP contribution in [0, 0.1) is 6.92 Å². The number of nitrogens with zero attached hydrogens (tertiary/aromatic N) is 1. The molecule has 2 rings (SSSR count). The summed E-state index contributed by atoms with van der Waals surface area (Å²) < 4.78 is 25.1. The number of pyridine rings is 1. The Morgan fingerprint density at radius 3 is 2.50 bits per heavy atom. The Bertz CT molecular complexity index is 774. The van der Waals surface area contributed by atoms with Crippen molar-refractivity contribution in [1.82, 2.24) is 4.98 Å². The number of rotatable bonds is 5. The third-order valence-electron chi connectivity index (χ3n) is 2.93. The van der Waals surface area contributed by atoms with Gasteiger partial charge in [-0.15, -0.1) is 0 Å². The Kier molecular flexibility index (Phi) is 5.31. The van der Waals surface area contributed by atoms with E-state index in [1.165, 1.54) is 12.1 Å². The summed E-state index contributed by atoms with van der Waals surface area (Å²) >= 11 is 3.25. The van der Waals surface area contributed by atoms with E-state index in [4.69, 9.17) is 0 Å². The number of halogens is 1. The summed E-state index contributed by atoms with van der Waals surface area (Å²) in [5.74, 6) is -0.198. The van der Waals surface area contributed by atoms with E-state index in [0.29, 0.717) is 5.82 Å². The molecule has 1 heterocycles. The number of hydrogen-bond acceptors (Lipinski definition) is 4. The summed E-state index contributed by atoms with van der Waals surface area (Å²) in [6, 6.07) is 11.6. The van der Waals surface area contributed by atoms with Gasteiger partial charge in [-0.1, -0.05) is 22.0 Å². The van der Waals surface area contributed by atoms with Crippen LogP contribution in [0.15, 0.2) is 51.8 Å². The first-order valence-electron chi connectivity index (χ1n) is 6.59. The van der Waals surface area contributed by atoms with Gasteiger partial charge in [0.1, 0.15) is 5.82 Å². The molecule has 0 aliphatic carbocycles. The molecule has 1 amide bonds. The van der Waals surface area contributed by atoms with Gasteiger partial charge in [0, 0.05) is 16.6 Å². The van der Waals surface area contributed by atoms with Gasteiger partial charge in [0.2, 0.25) is 5.91 Å². The first-order valence-corrected chi connectivity index (χ1v) is 9.03. The van der Waals surface area contributed by atoms with Crippen molar-refractivity contribution in [3.63, 3.8) is 0 Å². The molecule has 0 spiro atoms. The van der Waals surface area contributed by atoms with Gasteiger partial charge in [0.15, 0.2) is 9.84 Å². The number of carbonyl (C=O) groups excluding carboxylic acids is 1. The molecular weight excluding hydrogens is 368 g/mol. The topological polar surface area (TPSA) is 76.1 Å². The van der Waals surface area contributed by atoms with Crippen molar-refractivity contribution in [3.05, 3.63) is 52.6 Å². The third-order valence-corrected chi connectivity index (χ3v) is 5.19. The zero-order chi connectivity index (χ0) is 16.2. The number of aryl methyl sites for hydroxylation is 1. The first kappa shape index (κ1) is 16.6. The smallest absolute Gasteiger partial charge is 0.226 e. The Hall–Kier alpha value is -1.73. The van der Waals surface area contributed by atoms with Crippen LogP contribution >= 0.6 is 15.9 Å². The van der Waals surface area contributed by atoms with Crippen LogP contribution in [-0.4, -0.2) is 25.1 Å². The molecule has 0 saturated carbocycles. The van der Waals surface area contributed by atoms with E-state index in [2.05, 4.69) is 26.2 Å². The molecule has 0 unspecified atom stereocenters. The zero-order valence-corrected chi connectivity index (χ0v) is 14.3. The van der Waals surface area contributed by atoms with Gasteiger partial charge < -0.3 is 5.32 Å². The van der Waals surface area contributed by atoms with Crippen molar-refractivity contribution in [2.45, 2.75) is 18.2 Å². The van der Waals surface area contributed by atoms with Gasteiger partial charge >= 0.3 is 0 Å². The highest BCUT2D eigenvalue weighted by Gasteiger charge is 2.16. The second kappa shape index (κ2) is 7.02. The van der Waals surface area contributed by atoms with Crippen molar-refractivity contribution < 1.29 is 13.2 Å². The molecule has 5 nitrogen and oxygen atoms in total. The summed E-state index contributed by atoms with van der Waals surface area (Å²) in [6.07, 6.45) is -0.117. The normalized spacial score (nSPS) is 11.2. The molecule has 0 radical (unpaired) electrons. The lowest BCUT2D eigenvalue weighted by atomic mass is 10.3. The lowest BCUT2D eigenvalue weighted by Gasteiger charge is -2.06. The highest BCUT2D eigenvalue weighted by atomic mass is 79.9. The zero-order valence-electron chi connectivity index (χ0n) is 11.9. The number of aromatic nitrogens is 1. The fourth-order valence-corrected chi connectivity index (χ4v) is 3.31. The van der Waals surface area contributed by atoms with Crippen LogP contribution in [0.25, 0.3) is 0 Å². The number of carbonyl (C=O) groups is 1. The van der Waals surface area contributed by atoms with Gasteiger partial charge in [0.25, 0.3) is 0 Å². The highest BCUT2D eigenvalue weighted by Crippen LogP contribution is 2.16. The number of anilines is 1. The molecule has 1 aromatic carbocycles. The summed E-state index contributed by atoms with van der Waals surface area (Å²) in [4.78, 5) is 16.2. The second-order valence-electron chi connectivity index (χ2n) is 4.74. The predicted octanol–water partition coefficient (Wildman–Crippen LogP) is 2.96. The van der Waals surface area contributed by atoms with Crippen molar-refractivity contribution in [2.75, 3.05) is 11.1 Å². The van der Waals surface area contributed by atoms with Gasteiger partial charge in [0.05, 0.1) is 10.6 Å². The molecule has 0 atom stereocenters. The van der Waals surface area contributed by atoms with Crippen molar-refractivity contribution in [3.8, 4) is 0 Å². The van der Waals surface area contributed by atoms with E-state index in [0.717, 1.165) is 10.2 Å². The lowest BCUT2D eigenvalue weighted by molar-refractivity contribution is -0.115. The molecule has 0 fully saturated rings. The van der Waals surface area contributed by atoms with E-state index < -0.39 is 9.84 Å². The van der Waals surface area contributed by atoms with Gasteiger partial charge in [-0.25, -0.2) is 13.4 Å². The maximum absolute atomic E-state index is 12.1. The highest BCUT2D eigenvalue weighted by molar-refractivity contribution is 9.10. The Morgan fingerprint density at radius 2 is 1.86 bits per heavy atom. The molecule has 1 N–H and O–H groups in total. The molecule has 7 heteroatoms. The maximum Gasteiger partial charge on any atom is 0.226 e. The monoisotopic (exact) mass is 382 g/mol. The van der Waals surface area contributed by atoms with Crippen molar-refractivity contribution >= 4 is 37.5 Å². The first-order chi connectivity index (χ1) is 10.4. The van der Waals surface area contributed by atoms with Crippen LogP contribution in [-0.2, 0) is 14.6 Å². The molecule has 0 aliphatic heterocycles. The van der Waals surface area contributed by atoms with Crippen molar-refractivity contribution in [2.24, 2.45) is 0 Å². The maximum atomic E-state index is 12.1. The van der Waals surface area contributed by atoms with E-state index >= 15 is 0 Å². The van der Waals surface area contributed by atoms with Crippen LogP contribution in [0.5, 0.6) is 0 Å². The van der Waals surface area contributed by atoms with Gasteiger partial charge in [-0.05, 0) is 43.3 Å². The summed E-state index contributed by atoms with van der Waals surface area (Å²) in [5.41, 5.74) is 0.778. The van der Waals surface area contributed by atoms with Crippen LogP contribution in [0.1, 0.15) is 12.1 Å². The molecule has 0 saturated heterocycles. The van der Waals surface area contributed by atoms with E-state index in [1.54, 1.807) is 24.3 Å². The minimum Gasteiger partial charge on any atom is -0.311 e. The third kappa shape index (κ3) is 4.64. The fraction of sp³-hybridized carbons (Fsp3) is 0.200. The summed E-state index contributed by atoms with van der Waals surface area (Å²) in [5, 5.41) is 2.59. The number of sulfone groups is 1. The minimum atomic E-state index is -3.47. The van der Waals surface area contributed by atoms with E-state index in [9.17, 15) is 13.2 Å². The van der Waals surface area contributed by atoms with Crippen LogP contribution in [0.4, 0.5) is 5.82 Å². The number of amides is 1. The molecule has 1 aromatic heterocycles. The van der Waals surface area contributed by atoms with Crippen LogP contribution in [0.3, 0.4) is 0 Å². The van der Waals surface area contributed by atoms with Gasteiger partial charge in [-0.3, -0.25) is 4.79 Å². The average molecular weight is 383 g/mol. The molecular formula is C15H15BrN2O3S. The predicted molar refractivity (Wildman–Crippen MR) is 88.4 cm³/mol. The van der Waals surface area contributed by atoms with E-state index in [1.807, 2.05) is 13.0 Å². The number of hydrogen-bond donors (Lipinski definition) is 1. The van der Waals surface area contributed by atoms with Crippen LogP contribution in [0.2, 0.25) is 0 Å². The quantitative estimate of drug-likeness (QED) is 0.862. The standard InChI is InChI=1S/C15H15BrN2O3S/c1-11-3-2-4-14(17-11)18-15(19)9-10-22(20,21)13-7-5-12(16)6-8-13/h2-8H,9-10H2,1H3,(H,17,18,19). The minimum absolute atomic E-state index is 0.117. The molecule has 0 bridgehead atoms. The Morgan fingerprint density at radius 1 is 1.18 bits per heavy atom. The van der Waals surface area contributed by atoms with Gasteiger partial charge in [-0.2, -0.15) is 0 Å². The van der Waals surface area contributed by atoms with E-state index in [-0.39, 0.29) is 23.0 Å². The second-order valence-corrected chi connectivity index (χ2v) is 7.76. The molecule has 116 valence electrons. The molecule has 22 heavy (non-hydrogen) atoms. The molecule has 2 aromatic rings. The number of benzene rings is 1. The SMILES string of the molecule is Cc1cccc(NC(=O)CCS(=O)(=O)c2ccc(Br)cc2)n1. The fourth-order valence-electron chi connectivity index (χ4n) is 1.80. The van der Waals surface area contributed by atoms with Crippen LogP contribution < -0.4 is 5.32 Å². The summed E-state index contributed by atoms with van der Waals surface area (Å²) in [6.45, 7) is 1.81. The lowest BCUT2D eigenvalue weighted by Crippen LogP contribution is -2.18. The Balaban J connectivity index is 1.97. The van der Waals surface area contributed by atoms with Crippen molar-refractivity contribution in [1.29, 1.82) is 0 Å². The summed E-state index contributed by atoms with van der Waals surface area (Å²) in [7, 11) is -3.47. The molecule has 0 aliphatic rings. The largest absolute Gasteiger partial charge is 0.311 e.